The Kier molecular flexibility index (Phi) is 3.82. The molecule has 5 nitrogen and oxygen atoms in total. The van der Waals surface area contributed by atoms with Crippen LogP contribution in [-0.2, 0) is 4.74 Å². The Labute approximate surface area is 106 Å². The molecule has 1 atom stereocenters. The van der Waals surface area contributed by atoms with E-state index in [0.717, 1.165) is 12.8 Å². The molecule has 1 heterocycles. The van der Waals surface area contributed by atoms with E-state index in [1.807, 2.05) is 18.2 Å². The third-order valence-electron chi connectivity index (χ3n) is 2.97. The maximum Gasteiger partial charge on any atom is 0.404 e. The van der Waals surface area contributed by atoms with Crippen molar-refractivity contribution in [3.05, 3.63) is 35.9 Å². The van der Waals surface area contributed by atoms with E-state index in [9.17, 15) is 9.59 Å². The lowest BCUT2D eigenvalue weighted by atomic mass is 10.1. The summed E-state index contributed by atoms with van der Waals surface area (Å²) in [6, 6.07) is 9.08. The van der Waals surface area contributed by atoms with Crippen LogP contribution < -0.4 is 5.73 Å². The van der Waals surface area contributed by atoms with Crippen molar-refractivity contribution in [1.82, 2.24) is 4.90 Å². The number of primary amides is 1. The monoisotopic (exact) mass is 248 g/mol. The van der Waals surface area contributed by atoms with Gasteiger partial charge in [0.2, 0.25) is 0 Å². The third-order valence-corrected chi connectivity index (χ3v) is 2.97. The number of piperidine rings is 1. The molecular weight excluding hydrogens is 232 g/mol. The van der Waals surface area contributed by atoms with Crippen LogP contribution in [0.4, 0.5) is 4.79 Å². The van der Waals surface area contributed by atoms with E-state index in [4.69, 9.17) is 10.5 Å². The first kappa shape index (κ1) is 12.4. The molecule has 0 saturated carbocycles. The average Bonchev–Trinajstić information content (AvgIpc) is 2.38. The number of rotatable bonds is 2. The van der Waals surface area contributed by atoms with Gasteiger partial charge in [-0.3, -0.25) is 4.79 Å². The van der Waals surface area contributed by atoms with E-state index >= 15 is 0 Å². The number of carbonyl (C=O) groups is 2. The second-order valence-corrected chi connectivity index (χ2v) is 4.32. The van der Waals surface area contributed by atoms with E-state index in [2.05, 4.69) is 0 Å². The molecule has 0 bridgehead atoms. The van der Waals surface area contributed by atoms with Crippen LogP contribution in [0.3, 0.4) is 0 Å². The summed E-state index contributed by atoms with van der Waals surface area (Å²) in [6.45, 7) is 1.10. The summed E-state index contributed by atoms with van der Waals surface area (Å²) in [5, 5.41) is 0. The molecule has 1 aliphatic rings. The maximum atomic E-state index is 12.2. The molecule has 1 saturated heterocycles. The number of amides is 2. The quantitative estimate of drug-likeness (QED) is 0.859. The lowest BCUT2D eigenvalue weighted by Crippen LogP contribution is -2.44. The van der Waals surface area contributed by atoms with Crippen molar-refractivity contribution in [2.45, 2.75) is 18.9 Å². The molecule has 1 aromatic rings. The van der Waals surface area contributed by atoms with Crippen LogP contribution >= 0.6 is 0 Å². The third kappa shape index (κ3) is 3.00. The highest BCUT2D eigenvalue weighted by Crippen LogP contribution is 2.16. The highest BCUT2D eigenvalue weighted by atomic mass is 16.6. The van der Waals surface area contributed by atoms with Crippen molar-refractivity contribution < 1.29 is 14.3 Å². The first-order valence-electron chi connectivity index (χ1n) is 5.97. The van der Waals surface area contributed by atoms with Gasteiger partial charge in [-0.25, -0.2) is 4.79 Å². The van der Waals surface area contributed by atoms with Gasteiger partial charge in [0.15, 0.2) is 0 Å². The molecule has 1 fully saturated rings. The minimum Gasteiger partial charge on any atom is -0.445 e. The van der Waals surface area contributed by atoms with Crippen molar-refractivity contribution >= 4 is 12.0 Å². The number of nitrogens with zero attached hydrogens (tertiary/aromatic N) is 1. The van der Waals surface area contributed by atoms with E-state index in [0.29, 0.717) is 18.7 Å². The normalized spacial score (nSPS) is 19.3. The molecule has 2 rings (SSSR count). The summed E-state index contributed by atoms with van der Waals surface area (Å²) in [7, 11) is 0. The summed E-state index contributed by atoms with van der Waals surface area (Å²) in [5.41, 5.74) is 5.64. The lowest BCUT2D eigenvalue weighted by molar-refractivity contribution is 0.0373. The molecule has 0 radical (unpaired) electrons. The molecular formula is C13H16N2O3. The summed E-state index contributed by atoms with van der Waals surface area (Å²) >= 11 is 0. The zero-order valence-electron chi connectivity index (χ0n) is 10.0. The molecule has 0 aliphatic carbocycles. The molecule has 1 aromatic carbocycles. The number of hydrogen-bond acceptors (Lipinski definition) is 3. The van der Waals surface area contributed by atoms with Crippen LogP contribution in [0, 0.1) is 0 Å². The molecule has 0 unspecified atom stereocenters. The van der Waals surface area contributed by atoms with Crippen LogP contribution in [0.25, 0.3) is 0 Å². The zero-order valence-corrected chi connectivity index (χ0v) is 10.0. The van der Waals surface area contributed by atoms with Gasteiger partial charge in [-0.2, -0.15) is 0 Å². The van der Waals surface area contributed by atoms with E-state index in [-0.39, 0.29) is 12.0 Å². The first-order chi connectivity index (χ1) is 8.66. The Hall–Kier alpha value is -2.04. The number of likely N-dealkylation sites (tertiary alicyclic amines) is 1. The fourth-order valence-corrected chi connectivity index (χ4v) is 2.15. The highest BCUT2D eigenvalue weighted by molar-refractivity contribution is 5.94. The Morgan fingerprint density at radius 3 is 2.67 bits per heavy atom. The zero-order chi connectivity index (χ0) is 13.0. The van der Waals surface area contributed by atoms with Crippen LogP contribution in [0.1, 0.15) is 23.2 Å². The van der Waals surface area contributed by atoms with E-state index in [1.54, 1.807) is 17.0 Å². The smallest absolute Gasteiger partial charge is 0.404 e. The molecule has 5 heteroatoms. The van der Waals surface area contributed by atoms with Gasteiger partial charge >= 0.3 is 6.09 Å². The van der Waals surface area contributed by atoms with Crippen molar-refractivity contribution in [2.24, 2.45) is 5.73 Å². The maximum absolute atomic E-state index is 12.2. The van der Waals surface area contributed by atoms with Gasteiger partial charge in [-0.15, -0.1) is 0 Å². The van der Waals surface area contributed by atoms with Crippen molar-refractivity contribution in [3.8, 4) is 0 Å². The Balaban J connectivity index is 2.00. The van der Waals surface area contributed by atoms with Crippen LogP contribution in [0.15, 0.2) is 30.3 Å². The number of carbonyl (C=O) groups excluding carboxylic acids is 2. The predicted octanol–water partition coefficient (Wildman–Crippen LogP) is 1.39. The molecule has 1 aliphatic heterocycles. The molecule has 18 heavy (non-hydrogen) atoms. The molecule has 96 valence electrons. The van der Waals surface area contributed by atoms with Gasteiger partial charge in [0, 0.05) is 12.1 Å². The average molecular weight is 248 g/mol. The SMILES string of the molecule is NC(=O)O[C@H]1CCCN(C(=O)c2ccccc2)C1. The van der Waals surface area contributed by atoms with Crippen molar-refractivity contribution in [2.75, 3.05) is 13.1 Å². The summed E-state index contributed by atoms with van der Waals surface area (Å²) in [4.78, 5) is 24.6. The largest absolute Gasteiger partial charge is 0.445 e. The van der Waals surface area contributed by atoms with Gasteiger partial charge in [0.1, 0.15) is 6.10 Å². The van der Waals surface area contributed by atoms with E-state index in [1.165, 1.54) is 0 Å². The van der Waals surface area contributed by atoms with Gasteiger partial charge < -0.3 is 15.4 Å². The second-order valence-electron chi connectivity index (χ2n) is 4.32. The highest BCUT2D eigenvalue weighted by Gasteiger charge is 2.26. The Morgan fingerprint density at radius 1 is 1.28 bits per heavy atom. The van der Waals surface area contributed by atoms with Crippen molar-refractivity contribution in [3.63, 3.8) is 0 Å². The molecule has 0 spiro atoms. The minimum absolute atomic E-state index is 0.0339. The number of hydrogen-bond donors (Lipinski definition) is 1. The Bertz CT molecular complexity index is 433. The first-order valence-corrected chi connectivity index (χ1v) is 5.97. The second kappa shape index (κ2) is 5.53. The van der Waals surface area contributed by atoms with E-state index < -0.39 is 6.09 Å². The minimum atomic E-state index is -0.783. The van der Waals surface area contributed by atoms with Crippen LogP contribution in [0.5, 0.6) is 0 Å². The Morgan fingerprint density at radius 2 is 2.00 bits per heavy atom. The summed E-state index contributed by atoms with van der Waals surface area (Å²) in [5.74, 6) is -0.0339. The topological polar surface area (TPSA) is 72.6 Å². The van der Waals surface area contributed by atoms with Gasteiger partial charge in [-0.05, 0) is 25.0 Å². The summed E-state index contributed by atoms with van der Waals surface area (Å²) in [6.07, 6.45) is 0.496. The number of benzene rings is 1. The molecule has 2 amide bonds. The summed E-state index contributed by atoms with van der Waals surface area (Å²) < 4.78 is 4.95. The predicted molar refractivity (Wildman–Crippen MR) is 66.0 cm³/mol. The van der Waals surface area contributed by atoms with Gasteiger partial charge in [-0.1, -0.05) is 18.2 Å². The lowest BCUT2D eigenvalue weighted by Gasteiger charge is -2.32. The fourth-order valence-electron chi connectivity index (χ4n) is 2.15. The fraction of sp³-hybridized carbons (Fsp3) is 0.385. The van der Waals surface area contributed by atoms with Crippen LogP contribution in [0.2, 0.25) is 0 Å². The number of nitrogens with two attached hydrogens (primary N) is 1. The van der Waals surface area contributed by atoms with Gasteiger partial charge in [0.25, 0.3) is 5.91 Å². The van der Waals surface area contributed by atoms with Crippen molar-refractivity contribution in [1.29, 1.82) is 0 Å². The van der Waals surface area contributed by atoms with Gasteiger partial charge in [0.05, 0.1) is 6.54 Å². The van der Waals surface area contributed by atoms with Crippen LogP contribution in [-0.4, -0.2) is 36.1 Å². The standard InChI is InChI=1S/C13H16N2O3/c14-13(17)18-11-7-4-8-15(9-11)12(16)10-5-2-1-3-6-10/h1-3,5-6,11H,4,7-9H2,(H2,14,17)/t11-/m0/s1. The molecule has 0 aromatic heterocycles. The number of ether oxygens (including phenoxy) is 1. The molecule has 2 N–H and O–H groups in total.